The third-order valence-electron chi connectivity index (χ3n) is 2.72. The molecule has 2 nitrogen and oxygen atoms in total. The van der Waals surface area contributed by atoms with Gasteiger partial charge in [0, 0.05) is 28.0 Å². The summed E-state index contributed by atoms with van der Waals surface area (Å²) >= 11 is 13.7. The number of benzene rings is 1. The first-order chi connectivity index (χ1) is 8.16. The molecule has 0 radical (unpaired) electrons. The lowest BCUT2D eigenvalue weighted by Gasteiger charge is -2.27. The summed E-state index contributed by atoms with van der Waals surface area (Å²) < 4.78 is 5.54. The van der Waals surface area contributed by atoms with E-state index in [9.17, 15) is 5.11 Å². The number of halogens is 2. The van der Waals surface area contributed by atoms with Crippen LogP contribution in [0.25, 0.3) is 0 Å². The predicted molar refractivity (Wildman–Crippen MR) is 73.2 cm³/mol. The molecule has 0 bridgehead atoms. The van der Waals surface area contributed by atoms with Crippen LogP contribution in [-0.4, -0.2) is 35.4 Å². The highest BCUT2D eigenvalue weighted by molar-refractivity contribution is 7.99. The summed E-state index contributed by atoms with van der Waals surface area (Å²) in [6.45, 7) is 0.709. The molecule has 0 spiro atoms. The number of aliphatic hydroxyl groups is 1. The molecule has 1 N–H and O–H groups in total. The lowest BCUT2D eigenvalue weighted by molar-refractivity contribution is -0.0207. The van der Waals surface area contributed by atoms with Crippen molar-refractivity contribution in [1.29, 1.82) is 0 Å². The van der Waals surface area contributed by atoms with E-state index in [1.807, 2.05) is 17.8 Å². The summed E-state index contributed by atoms with van der Waals surface area (Å²) in [5, 5.41) is 11.3. The van der Waals surface area contributed by atoms with Crippen molar-refractivity contribution < 1.29 is 9.84 Å². The average Bonchev–Trinajstić information content (AvgIpc) is 2.34. The fourth-order valence-corrected chi connectivity index (χ4v) is 3.19. The summed E-state index contributed by atoms with van der Waals surface area (Å²) in [7, 11) is 0. The molecule has 0 aliphatic carbocycles. The van der Waals surface area contributed by atoms with Crippen molar-refractivity contribution in [2.45, 2.75) is 18.6 Å². The fraction of sp³-hybridized carbons (Fsp3) is 0.500. The molecule has 1 aliphatic heterocycles. The van der Waals surface area contributed by atoms with E-state index in [0.717, 1.165) is 17.1 Å². The quantitative estimate of drug-likeness (QED) is 0.929. The van der Waals surface area contributed by atoms with Crippen LogP contribution in [0.4, 0.5) is 0 Å². The number of hydrogen-bond donors (Lipinski definition) is 1. The summed E-state index contributed by atoms with van der Waals surface area (Å²) in [6.07, 6.45) is -0.108. The zero-order chi connectivity index (χ0) is 12.3. The van der Waals surface area contributed by atoms with Gasteiger partial charge in [0.15, 0.2) is 0 Å². The Hall–Kier alpha value is 0.0700. The first-order valence-electron chi connectivity index (χ1n) is 5.48. The molecule has 1 fully saturated rings. The minimum atomic E-state index is -0.513. The van der Waals surface area contributed by atoms with Gasteiger partial charge in [-0.15, -0.1) is 0 Å². The van der Waals surface area contributed by atoms with E-state index in [1.165, 1.54) is 0 Å². The summed E-state index contributed by atoms with van der Waals surface area (Å²) in [5.41, 5.74) is 0.905. The zero-order valence-electron chi connectivity index (χ0n) is 9.23. The molecule has 1 aromatic carbocycles. The molecule has 0 saturated carbocycles. The van der Waals surface area contributed by atoms with Crippen LogP contribution in [0.1, 0.15) is 5.56 Å². The molecule has 17 heavy (non-hydrogen) atoms. The van der Waals surface area contributed by atoms with Crippen LogP contribution in [0.5, 0.6) is 0 Å². The number of thioether (sulfide) groups is 1. The Balaban J connectivity index is 1.99. The third-order valence-corrected chi connectivity index (χ3v) is 4.32. The van der Waals surface area contributed by atoms with Crippen LogP contribution in [0, 0.1) is 0 Å². The Morgan fingerprint density at radius 3 is 2.94 bits per heavy atom. The first kappa shape index (κ1) is 13.5. The van der Waals surface area contributed by atoms with Crippen LogP contribution in [-0.2, 0) is 11.2 Å². The minimum absolute atomic E-state index is 0.0968. The maximum Gasteiger partial charge on any atom is 0.0927 e. The second-order valence-corrected chi connectivity index (χ2v) is 5.98. The van der Waals surface area contributed by atoms with Gasteiger partial charge >= 0.3 is 0 Å². The van der Waals surface area contributed by atoms with Gasteiger partial charge in [-0.1, -0.05) is 29.3 Å². The van der Waals surface area contributed by atoms with Crippen LogP contribution in [0.15, 0.2) is 18.2 Å². The second kappa shape index (κ2) is 6.30. The van der Waals surface area contributed by atoms with Crippen molar-refractivity contribution in [3.63, 3.8) is 0 Å². The van der Waals surface area contributed by atoms with E-state index in [1.54, 1.807) is 12.1 Å². The van der Waals surface area contributed by atoms with Gasteiger partial charge in [-0.3, -0.25) is 0 Å². The van der Waals surface area contributed by atoms with Crippen molar-refractivity contribution in [2.24, 2.45) is 0 Å². The van der Waals surface area contributed by atoms with Crippen molar-refractivity contribution in [2.75, 3.05) is 18.1 Å². The number of rotatable bonds is 3. The van der Waals surface area contributed by atoms with Gasteiger partial charge < -0.3 is 9.84 Å². The largest absolute Gasteiger partial charge is 0.390 e. The van der Waals surface area contributed by atoms with E-state index in [-0.39, 0.29) is 6.10 Å². The second-order valence-electron chi connectivity index (χ2n) is 3.99. The van der Waals surface area contributed by atoms with E-state index < -0.39 is 6.10 Å². The van der Waals surface area contributed by atoms with E-state index in [0.29, 0.717) is 23.1 Å². The van der Waals surface area contributed by atoms with Gasteiger partial charge in [0.25, 0.3) is 0 Å². The maximum atomic E-state index is 10.1. The molecule has 5 heteroatoms. The van der Waals surface area contributed by atoms with Crippen LogP contribution < -0.4 is 0 Å². The summed E-state index contributed by atoms with van der Waals surface area (Å²) in [4.78, 5) is 0. The average molecular weight is 293 g/mol. The Morgan fingerprint density at radius 2 is 2.29 bits per heavy atom. The molecule has 94 valence electrons. The highest BCUT2D eigenvalue weighted by atomic mass is 35.5. The topological polar surface area (TPSA) is 29.5 Å². The predicted octanol–water partition coefficient (Wildman–Crippen LogP) is 3.03. The van der Waals surface area contributed by atoms with Gasteiger partial charge in [0.2, 0.25) is 0 Å². The molecule has 1 saturated heterocycles. The molecular weight excluding hydrogens is 279 g/mol. The Kier molecular flexibility index (Phi) is 5.00. The summed E-state index contributed by atoms with van der Waals surface area (Å²) in [5.74, 6) is 1.84. The third kappa shape index (κ3) is 3.76. The molecule has 0 aromatic heterocycles. The van der Waals surface area contributed by atoms with Gasteiger partial charge in [-0.2, -0.15) is 11.8 Å². The highest BCUT2D eigenvalue weighted by Gasteiger charge is 2.23. The smallest absolute Gasteiger partial charge is 0.0927 e. The monoisotopic (exact) mass is 292 g/mol. The molecule has 2 rings (SSSR count). The van der Waals surface area contributed by atoms with Crippen LogP contribution >= 0.6 is 35.0 Å². The van der Waals surface area contributed by atoms with Crippen molar-refractivity contribution in [3.05, 3.63) is 33.8 Å². The van der Waals surface area contributed by atoms with Crippen LogP contribution in [0.2, 0.25) is 10.0 Å². The lowest BCUT2D eigenvalue weighted by atomic mass is 10.0. The Morgan fingerprint density at radius 1 is 1.47 bits per heavy atom. The summed E-state index contributed by atoms with van der Waals surface area (Å²) in [6, 6.07) is 5.33. The van der Waals surface area contributed by atoms with Crippen LogP contribution in [0.3, 0.4) is 0 Å². The van der Waals surface area contributed by atoms with E-state index >= 15 is 0 Å². The molecule has 2 unspecified atom stereocenters. The van der Waals surface area contributed by atoms with Crippen molar-refractivity contribution in [1.82, 2.24) is 0 Å². The molecule has 1 heterocycles. The fourth-order valence-electron chi connectivity index (χ4n) is 1.77. The van der Waals surface area contributed by atoms with Crippen molar-refractivity contribution in [3.8, 4) is 0 Å². The molecular formula is C12H14Cl2O2S. The van der Waals surface area contributed by atoms with Crippen molar-refractivity contribution >= 4 is 35.0 Å². The van der Waals surface area contributed by atoms with Gasteiger partial charge in [-0.05, 0) is 17.7 Å². The van der Waals surface area contributed by atoms with Gasteiger partial charge in [0.1, 0.15) is 0 Å². The van der Waals surface area contributed by atoms with E-state index in [2.05, 4.69) is 0 Å². The number of aliphatic hydroxyl groups excluding tert-OH is 1. The Bertz CT molecular complexity index is 381. The zero-order valence-corrected chi connectivity index (χ0v) is 11.6. The molecule has 1 aliphatic rings. The van der Waals surface area contributed by atoms with E-state index in [4.69, 9.17) is 27.9 Å². The van der Waals surface area contributed by atoms with Gasteiger partial charge in [0.05, 0.1) is 18.8 Å². The minimum Gasteiger partial charge on any atom is -0.390 e. The number of ether oxygens (including phenoxy) is 1. The maximum absolute atomic E-state index is 10.1. The van der Waals surface area contributed by atoms with Gasteiger partial charge in [-0.25, -0.2) is 0 Å². The highest BCUT2D eigenvalue weighted by Crippen LogP contribution is 2.24. The first-order valence-corrected chi connectivity index (χ1v) is 7.39. The normalized spacial score (nSPS) is 22.4. The standard InChI is InChI=1S/C12H14Cl2O2S/c13-9-2-1-8(10(14)6-9)5-11(15)12-7-17-4-3-16-12/h1-2,6,11-12,15H,3-5,7H2. The molecule has 2 atom stereocenters. The number of hydrogen-bond acceptors (Lipinski definition) is 3. The Labute approximate surface area is 115 Å². The SMILES string of the molecule is OC(Cc1ccc(Cl)cc1Cl)C1CSCCO1. The molecule has 1 aromatic rings. The lowest BCUT2D eigenvalue weighted by Crippen LogP contribution is -2.36. The molecule has 0 amide bonds.